The number of aliphatic carboxylic acids is 1. The molecule has 5 atom stereocenters. The lowest BCUT2D eigenvalue weighted by atomic mass is 9.57. The number of carboxylic acids is 1. The van der Waals surface area contributed by atoms with Gasteiger partial charge in [0, 0.05) is 24.0 Å². The normalized spacial score (nSPS) is 43.8. The second kappa shape index (κ2) is 3.70. The zero-order valence-electron chi connectivity index (χ0n) is 10.7. The van der Waals surface area contributed by atoms with Crippen molar-refractivity contribution in [2.45, 2.75) is 38.8 Å². The number of carboxylic acid groups (broad SMARTS) is 1. The second-order valence-corrected chi connectivity index (χ2v) is 6.34. The van der Waals surface area contributed by atoms with E-state index in [4.69, 9.17) is 9.84 Å². The van der Waals surface area contributed by atoms with Gasteiger partial charge >= 0.3 is 5.97 Å². The first-order chi connectivity index (χ1) is 8.43. The van der Waals surface area contributed by atoms with Crippen molar-refractivity contribution in [1.82, 2.24) is 5.32 Å². The van der Waals surface area contributed by atoms with Crippen LogP contribution in [0.5, 0.6) is 0 Å². The minimum Gasteiger partial charge on any atom is -0.481 e. The minimum absolute atomic E-state index is 0.0373. The fourth-order valence-corrected chi connectivity index (χ4v) is 3.64. The summed E-state index contributed by atoms with van der Waals surface area (Å²) < 4.78 is 5.67. The lowest BCUT2D eigenvalue weighted by molar-refractivity contribution is -0.143. The molecule has 2 aliphatic carbocycles. The number of ether oxygens (including phenoxy) is 1. The Bertz CT molecular complexity index is 406. The Morgan fingerprint density at radius 1 is 1.33 bits per heavy atom. The molecule has 0 radical (unpaired) electrons. The van der Waals surface area contributed by atoms with Gasteiger partial charge in [0.25, 0.3) is 0 Å². The maximum Gasteiger partial charge on any atom is 0.307 e. The van der Waals surface area contributed by atoms with E-state index < -0.39 is 11.9 Å². The molecule has 5 nitrogen and oxygen atoms in total. The van der Waals surface area contributed by atoms with Gasteiger partial charge in [0.15, 0.2) is 0 Å². The molecular formula is C13H19NO4. The van der Waals surface area contributed by atoms with Crippen LogP contribution in [0.15, 0.2) is 0 Å². The molecular weight excluding hydrogens is 234 g/mol. The largest absolute Gasteiger partial charge is 0.481 e. The van der Waals surface area contributed by atoms with Crippen molar-refractivity contribution in [3.05, 3.63) is 0 Å². The van der Waals surface area contributed by atoms with Crippen molar-refractivity contribution in [2.24, 2.45) is 23.2 Å². The van der Waals surface area contributed by atoms with Crippen molar-refractivity contribution >= 4 is 11.9 Å². The molecule has 1 heterocycles. The monoisotopic (exact) mass is 253 g/mol. The molecule has 18 heavy (non-hydrogen) atoms. The van der Waals surface area contributed by atoms with Crippen molar-refractivity contribution in [1.29, 1.82) is 0 Å². The van der Waals surface area contributed by atoms with Crippen molar-refractivity contribution in [3.63, 3.8) is 0 Å². The summed E-state index contributed by atoms with van der Waals surface area (Å²) in [4.78, 5) is 22.7. The predicted molar refractivity (Wildman–Crippen MR) is 62.8 cm³/mol. The van der Waals surface area contributed by atoms with Crippen molar-refractivity contribution in [2.75, 3.05) is 6.61 Å². The molecule has 2 N–H and O–H groups in total. The van der Waals surface area contributed by atoms with Crippen LogP contribution in [-0.4, -0.2) is 35.7 Å². The van der Waals surface area contributed by atoms with E-state index in [-0.39, 0.29) is 29.4 Å². The molecule has 0 spiro atoms. The molecule has 3 aliphatic rings. The number of carbonyl (C=O) groups excluding carboxylic acids is 1. The van der Waals surface area contributed by atoms with Gasteiger partial charge in [-0.2, -0.15) is 0 Å². The highest BCUT2D eigenvalue weighted by atomic mass is 16.5. The van der Waals surface area contributed by atoms with Gasteiger partial charge in [0.1, 0.15) is 0 Å². The fraction of sp³-hybridized carbons (Fsp3) is 0.846. The molecule has 3 unspecified atom stereocenters. The zero-order chi connectivity index (χ0) is 13.1. The summed E-state index contributed by atoms with van der Waals surface area (Å²) >= 11 is 0. The molecule has 0 aromatic carbocycles. The standard InChI is InChI=1S/C13H19NO4/c1-13(2)9(6-3-4-18-10(6)13)14-11(15)7-5-8(7)12(16)17/h6-10H,3-5H2,1-2H3,(H,14,15)(H,16,17)/t6?,7-,8-,9?,10?/m1/s1. The molecule has 5 heteroatoms. The van der Waals surface area contributed by atoms with Crippen LogP contribution in [0.3, 0.4) is 0 Å². The third-order valence-electron chi connectivity index (χ3n) is 4.84. The van der Waals surface area contributed by atoms with E-state index in [9.17, 15) is 9.59 Å². The molecule has 0 aromatic heterocycles. The van der Waals surface area contributed by atoms with Crippen LogP contribution in [-0.2, 0) is 14.3 Å². The maximum absolute atomic E-state index is 12.0. The second-order valence-electron chi connectivity index (χ2n) is 6.34. The molecule has 3 fully saturated rings. The highest BCUT2D eigenvalue weighted by molar-refractivity contribution is 5.89. The van der Waals surface area contributed by atoms with Gasteiger partial charge in [0.05, 0.1) is 17.9 Å². The summed E-state index contributed by atoms with van der Waals surface area (Å²) in [7, 11) is 0. The average molecular weight is 253 g/mol. The number of amides is 1. The zero-order valence-corrected chi connectivity index (χ0v) is 10.7. The Hall–Kier alpha value is -1.10. The Kier molecular flexibility index (Phi) is 2.46. The molecule has 3 rings (SSSR count). The van der Waals surface area contributed by atoms with Crippen molar-refractivity contribution < 1.29 is 19.4 Å². The summed E-state index contributed by atoms with van der Waals surface area (Å²) in [5.74, 6) is -1.33. The number of fused-ring (bicyclic) bond motifs is 1. The van der Waals surface area contributed by atoms with Gasteiger partial charge in [-0.1, -0.05) is 13.8 Å². The SMILES string of the molecule is CC1(C)C(NC(=O)[C@@H]2C[C@H]2C(=O)O)C2CCOC21. The molecule has 0 aromatic rings. The Labute approximate surface area is 106 Å². The van der Waals surface area contributed by atoms with Gasteiger partial charge in [-0.05, 0) is 12.8 Å². The Morgan fingerprint density at radius 3 is 2.67 bits per heavy atom. The summed E-state index contributed by atoms with van der Waals surface area (Å²) in [5, 5.41) is 11.9. The third-order valence-corrected chi connectivity index (χ3v) is 4.84. The Morgan fingerprint density at radius 2 is 2.06 bits per heavy atom. The van der Waals surface area contributed by atoms with E-state index in [1.54, 1.807) is 0 Å². The van der Waals surface area contributed by atoms with E-state index in [1.807, 2.05) is 0 Å². The number of carbonyl (C=O) groups is 2. The fourth-order valence-electron chi connectivity index (χ4n) is 3.64. The van der Waals surface area contributed by atoms with Crippen molar-refractivity contribution in [3.8, 4) is 0 Å². The van der Waals surface area contributed by atoms with Gasteiger partial charge < -0.3 is 15.2 Å². The van der Waals surface area contributed by atoms with Crippen LogP contribution < -0.4 is 5.32 Å². The first kappa shape index (κ1) is 12.0. The highest BCUT2D eigenvalue weighted by Crippen LogP contribution is 2.52. The summed E-state index contributed by atoms with van der Waals surface area (Å²) in [6.45, 7) is 4.98. The number of hydrogen-bond donors (Lipinski definition) is 2. The van der Waals surface area contributed by atoms with E-state index in [0.717, 1.165) is 13.0 Å². The van der Waals surface area contributed by atoms with E-state index in [1.165, 1.54) is 0 Å². The number of rotatable bonds is 3. The molecule has 1 amide bonds. The first-order valence-corrected chi connectivity index (χ1v) is 6.57. The van der Waals surface area contributed by atoms with Gasteiger partial charge in [0.2, 0.25) is 5.91 Å². The van der Waals surface area contributed by atoms with Crippen LogP contribution in [0.2, 0.25) is 0 Å². The Balaban J connectivity index is 1.61. The van der Waals surface area contributed by atoms with Gasteiger partial charge in [-0.15, -0.1) is 0 Å². The average Bonchev–Trinajstić information content (AvgIpc) is 2.98. The topological polar surface area (TPSA) is 75.6 Å². The first-order valence-electron chi connectivity index (χ1n) is 6.57. The smallest absolute Gasteiger partial charge is 0.307 e. The summed E-state index contributed by atoms with van der Waals surface area (Å²) in [5.41, 5.74) is -0.0373. The molecule has 0 bridgehead atoms. The molecule has 2 saturated carbocycles. The van der Waals surface area contributed by atoms with Crippen LogP contribution in [0.25, 0.3) is 0 Å². The minimum atomic E-state index is -0.856. The summed E-state index contributed by atoms with van der Waals surface area (Å²) in [6, 6.07) is 0.132. The highest BCUT2D eigenvalue weighted by Gasteiger charge is 2.61. The number of hydrogen-bond acceptors (Lipinski definition) is 3. The van der Waals surface area contributed by atoms with Gasteiger partial charge in [-0.3, -0.25) is 9.59 Å². The third kappa shape index (κ3) is 1.56. The summed E-state index contributed by atoms with van der Waals surface area (Å²) in [6.07, 6.45) is 1.72. The van der Waals surface area contributed by atoms with Gasteiger partial charge in [-0.25, -0.2) is 0 Å². The lowest BCUT2D eigenvalue weighted by Gasteiger charge is -2.54. The quantitative estimate of drug-likeness (QED) is 0.774. The molecule has 100 valence electrons. The lowest BCUT2D eigenvalue weighted by Crippen LogP contribution is -2.67. The maximum atomic E-state index is 12.0. The van der Waals surface area contributed by atoms with Crippen LogP contribution in [0, 0.1) is 23.2 Å². The van der Waals surface area contributed by atoms with E-state index in [2.05, 4.69) is 19.2 Å². The van der Waals surface area contributed by atoms with Crippen LogP contribution in [0.4, 0.5) is 0 Å². The number of nitrogens with one attached hydrogen (secondary N) is 1. The predicted octanol–water partition coefficient (Wildman–Crippen LogP) is 0.637. The van der Waals surface area contributed by atoms with Crippen LogP contribution >= 0.6 is 0 Å². The van der Waals surface area contributed by atoms with Crippen LogP contribution in [0.1, 0.15) is 26.7 Å². The molecule has 1 saturated heterocycles. The van der Waals surface area contributed by atoms with E-state index in [0.29, 0.717) is 12.3 Å². The van der Waals surface area contributed by atoms with E-state index >= 15 is 0 Å². The molecule has 1 aliphatic heterocycles.